The summed E-state index contributed by atoms with van der Waals surface area (Å²) in [5.41, 5.74) is 5.77. The van der Waals surface area contributed by atoms with Gasteiger partial charge in [-0.25, -0.2) is 0 Å². The number of rotatable bonds is 4. The van der Waals surface area contributed by atoms with Crippen LogP contribution in [0.1, 0.15) is 25.3 Å². The summed E-state index contributed by atoms with van der Waals surface area (Å²) in [4.78, 5) is 11.6. The third-order valence-corrected chi connectivity index (χ3v) is 3.07. The molecule has 0 unspecified atom stereocenters. The topological polar surface area (TPSA) is 80.9 Å². The number of nitrogens with zero attached hydrogens (tertiary/aromatic N) is 2. The number of nitrogens with one attached hydrogen (secondary N) is 1. The zero-order valence-corrected chi connectivity index (χ0v) is 9.97. The first-order valence-electron chi connectivity index (χ1n) is 4.91. The molecule has 0 aliphatic rings. The Morgan fingerprint density at radius 1 is 1.60 bits per heavy atom. The van der Waals surface area contributed by atoms with Gasteiger partial charge in [-0.15, -0.1) is 10.2 Å². The van der Waals surface area contributed by atoms with Gasteiger partial charge >= 0.3 is 0 Å². The molecule has 1 heterocycles. The van der Waals surface area contributed by atoms with E-state index in [-0.39, 0.29) is 11.8 Å². The number of hydrogen-bond donors (Lipinski definition) is 2. The minimum Gasteiger partial charge on any atom is -0.320 e. The van der Waals surface area contributed by atoms with Crippen LogP contribution in [-0.2, 0) is 4.79 Å². The third kappa shape index (κ3) is 3.24. The molecule has 1 aromatic heterocycles. The molecular formula is C9H16N4OS. The number of hydrogen-bond acceptors (Lipinski definition) is 5. The summed E-state index contributed by atoms with van der Waals surface area (Å²) in [7, 11) is 0. The van der Waals surface area contributed by atoms with Gasteiger partial charge in [-0.1, -0.05) is 31.6 Å². The number of nitrogens with two attached hydrogens (primary N) is 1. The molecule has 0 saturated carbocycles. The van der Waals surface area contributed by atoms with Crippen LogP contribution >= 0.6 is 11.3 Å². The highest BCUT2D eigenvalue weighted by Crippen LogP contribution is 2.15. The molecule has 1 amide bonds. The number of amides is 1. The molecule has 5 nitrogen and oxygen atoms in total. The highest BCUT2D eigenvalue weighted by atomic mass is 32.1. The van der Waals surface area contributed by atoms with E-state index in [1.807, 2.05) is 20.8 Å². The van der Waals surface area contributed by atoms with Crippen molar-refractivity contribution in [2.24, 2.45) is 11.7 Å². The Kier molecular flexibility index (Phi) is 4.16. The van der Waals surface area contributed by atoms with Crippen LogP contribution in [0.15, 0.2) is 0 Å². The van der Waals surface area contributed by atoms with Crippen molar-refractivity contribution in [3.8, 4) is 0 Å². The van der Waals surface area contributed by atoms with E-state index in [1.54, 1.807) is 0 Å². The van der Waals surface area contributed by atoms with Gasteiger partial charge in [-0.3, -0.25) is 10.1 Å². The van der Waals surface area contributed by atoms with E-state index in [0.29, 0.717) is 5.13 Å². The molecule has 0 bridgehead atoms. The molecule has 0 radical (unpaired) electrons. The fraction of sp³-hybridized carbons (Fsp3) is 0.667. The van der Waals surface area contributed by atoms with Crippen molar-refractivity contribution in [1.82, 2.24) is 10.2 Å². The molecule has 0 fully saturated rings. The van der Waals surface area contributed by atoms with Gasteiger partial charge in [-0.05, 0) is 12.8 Å². The second-order valence-corrected chi connectivity index (χ2v) is 4.71. The monoisotopic (exact) mass is 228 g/mol. The molecule has 0 saturated heterocycles. The van der Waals surface area contributed by atoms with Crippen LogP contribution in [-0.4, -0.2) is 22.1 Å². The molecule has 84 valence electrons. The van der Waals surface area contributed by atoms with Crippen LogP contribution in [0.5, 0.6) is 0 Å². The van der Waals surface area contributed by atoms with Gasteiger partial charge < -0.3 is 5.73 Å². The van der Waals surface area contributed by atoms with Crippen molar-refractivity contribution < 1.29 is 4.79 Å². The molecule has 6 heteroatoms. The summed E-state index contributed by atoms with van der Waals surface area (Å²) in [6.45, 7) is 5.80. The molecule has 15 heavy (non-hydrogen) atoms. The number of aromatic nitrogens is 2. The average molecular weight is 228 g/mol. The van der Waals surface area contributed by atoms with Crippen LogP contribution in [0.3, 0.4) is 0 Å². The Labute approximate surface area is 93.1 Å². The van der Waals surface area contributed by atoms with Gasteiger partial charge in [0.15, 0.2) is 0 Å². The molecule has 1 rings (SSSR count). The lowest BCUT2D eigenvalue weighted by molar-refractivity contribution is -0.118. The lowest BCUT2D eigenvalue weighted by Crippen LogP contribution is -2.40. The second-order valence-electron chi connectivity index (χ2n) is 3.53. The fourth-order valence-electron chi connectivity index (χ4n) is 1.05. The summed E-state index contributed by atoms with van der Waals surface area (Å²) < 4.78 is 0. The maximum Gasteiger partial charge on any atom is 0.243 e. The lowest BCUT2D eigenvalue weighted by Gasteiger charge is -2.16. The first kappa shape index (κ1) is 12.1. The van der Waals surface area contributed by atoms with E-state index >= 15 is 0 Å². The van der Waals surface area contributed by atoms with E-state index in [1.165, 1.54) is 11.3 Å². The van der Waals surface area contributed by atoms with Gasteiger partial charge in [-0.2, -0.15) is 0 Å². The van der Waals surface area contributed by atoms with Crippen LogP contribution in [0, 0.1) is 12.8 Å². The smallest absolute Gasteiger partial charge is 0.243 e. The van der Waals surface area contributed by atoms with E-state index in [0.717, 1.165) is 11.4 Å². The highest BCUT2D eigenvalue weighted by molar-refractivity contribution is 7.15. The van der Waals surface area contributed by atoms with Crippen LogP contribution in [0.4, 0.5) is 5.13 Å². The Hall–Kier alpha value is -1.01. The summed E-state index contributed by atoms with van der Waals surface area (Å²) in [5, 5.41) is 11.6. The second kappa shape index (κ2) is 5.18. The number of aryl methyl sites for hydroxylation is 1. The molecule has 3 N–H and O–H groups in total. The number of carbonyl (C=O) groups is 1. The maximum atomic E-state index is 11.6. The molecule has 0 aromatic carbocycles. The van der Waals surface area contributed by atoms with Crippen molar-refractivity contribution >= 4 is 22.4 Å². The first-order chi connectivity index (χ1) is 7.04. The third-order valence-electron chi connectivity index (χ3n) is 2.32. The minimum atomic E-state index is -0.487. The zero-order chi connectivity index (χ0) is 11.4. The van der Waals surface area contributed by atoms with Crippen LogP contribution in [0.25, 0.3) is 0 Å². The number of anilines is 1. The number of carbonyl (C=O) groups excluding carboxylic acids is 1. The lowest BCUT2D eigenvalue weighted by atomic mass is 10.00. The van der Waals surface area contributed by atoms with Crippen molar-refractivity contribution in [2.75, 3.05) is 5.32 Å². The first-order valence-corrected chi connectivity index (χ1v) is 5.72. The molecule has 0 aliphatic carbocycles. The normalized spacial score (nSPS) is 14.7. The SMILES string of the molecule is CC[C@H](C)[C@H](N)C(=O)Nc1nnc(C)s1. The van der Waals surface area contributed by atoms with Crippen LogP contribution < -0.4 is 11.1 Å². The highest BCUT2D eigenvalue weighted by Gasteiger charge is 2.20. The zero-order valence-electron chi connectivity index (χ0n) is 9.15. The van der Waals surface area contributed by atoms with Gasteiger partial charge in [0.1, 0.15) is 5.01 Å². The minimum absolute atomic E-state index is 0.166. The van der Waals surface area contributed by atoms with Gasteiger partial charge in [0.05, 0.1) is 6.04 Å². The standard InChI is InChI=1S/C9H16N4OS/c1-4-5(2)7(10)8(14)11-9-13-12-6(3)15-9/h5,7H,4,10H2,1-3H3,(H,11,13,14)/t5-,7-/m0/s1. The predicted molar refractivity (Wildman–Crippen MR) is 60.7 cm³/mol. The largest absolute Gasteiger partial charge is 0.320 e. The Morgan fingerprint density at radius 2 is 2.27 bits per heavy atom. The van der Waals surface area contributed by atoms with E-state index in [2.05, 4.69) is 15.5 Å². The Morgan fingerprint density at radius 3 is 2.73 bits per heavy atom. The van der Waals surface area contributed by atoms with Gasteiger partial charge in [0.2, 0.25) is 11.0 Å². The Bertz CT molecular complexity index is 339. The van der Waals surface area contributed by atoms with Gasteiger partial charge in [0, 0.05) is 0 Å². The van der Waals surface area contributed by atoms with E-state index in [9.17, 15) is 4.79 Å². The predicted octanol–water partition coefficient (Wildman–Crippen LogP) is 1.16. The molecule has 1 aromatic rings. The molecular weight excluding hydrogens is 212 g/mol. The van der Waals surface area contributed by atoms with Crippen molar-refractivity contribution in [3.63, 3.8) is 0 Å². The summed E-state index contributed by atoms with van der Waals surface area (Å²) in [6, 6.07) is -0.487. The Balaban J connectivity index is 2.55. The summed E-state index contributed by atoms with van der Waals surface area (Å²) in [5.74, 6) is -0.0282. The molecule has 2 atom stereocenters. The van der Waals surface area contributed by atoms with E-state index in [4.69, 9.17) is 5.73 Å². The van der Waals surface area contributed by atoms with E-state index < -0.39 is 6.04 Å². The van der Waals surface area contributed by atoms with Crippen molar-refractivity contribution in [1.29, 1.82) is 0 Å². The average Bonchev–Trinajstić information content (AvgIpc) is 2.61. The summed E-state index contributed by atoms with van der Waals surface area (Å²) in [6.07, 6.45) is 0.879. The van der Waals surface area contributed by atoms with Crippen LogP contribution in [0.2, 0.25) is 0 Å². The molecule has 0 spiro atoms. The van der Waals surface area contributed by atoms with Gasteiger partial charge in [0.25, 0.3) is 0 Å². The molecule has 0 aliphatic heterocycles. The quantitative estimate of drug-likeness (QED) is 0.810. The fourth-order valence-corrected chi connectivity index (χ4v) is 1.64. The maximum absolute atomic E-state index is 11.6. The van der Waals surface area contributed by atoms with Crippen molar-refractivity contribution in [2.45, 2.75) is 33.2 Å². The van der Waals surface area contributed by atoms with Crippen molar-refractivity contribution in [3.05, 3.63) is 5.01 Å². The summed E-state index contributed by atoms with van der Waals surface area (Å²) >= 11 is 1.34.